The molecule has 1 N–H and O–H groups in total. The van der Waals surface area contributed by atoms with Gasteiger partial charge in [0, 0.05) is 28.7 Å². The number of aromatic amines is 1. The van der Waals surface area contributed by atoms with Gasteiger partial charge in [0.1, 0.15) is 0 Å². The normalized spacial score (nSPS) is 14.1. The molecule has 0 atom stereocenters. The summed E-state index contributed by atoms with van der Waals surface area (Å²) in [7, 11) is 0. The number of nitrogens with one attached hydrogen (secondary N) is 1. The summed E-state index contributed by atoms with van der Waals surface area (Å²) < 4.78 is 6.80. The lowest BCUT2D eigenvalue weighted by Gasteiger charge is -2.10. The molecule has 24 heavy (non-hydrogen) atoms. The highest BCUT2D eigenvalue weighted by Gasteiger charge is 2.23. The molecular formula is C16H17N5O2S. The van der Waals surface area contributed by atoms with E-state index in [0.29, 0.717) is 17.5 Å². The number of thioether (sulfide) groups is 1. The fraction of sp³-hybridized carbons (Fsp3) is 0.375. The van der Waals surface area contributed by atoms with E-state index in [2.05, 4.69) is 20.2 Å². The average Bonchev–Trinajstić information content (AvgIpc) is 3.24. The Hall–Kier alpha value is -2.35. The molecule has 7 nitrogen and oxygen atoms in total. The molecule has 0 saturated carbocycles. The number of aromatic nitrogens is 5. The maximum Gasteiger partial charge on any atom is 0.276 e. The number of H-pyrrole nitrogens is 1. The summed E-state index contributed by atoms with van der Waals surface area (Å²) in [6, 6.07) is 3.62. The lowest BCUT2D eigenvalue weighted by Crippen LogP contribution is -2.17. The quantitative estimate of drug-likeness (QED) is 0.769. The van der Waals surface area contributed by atoms with Crippen molar-refractivity contribution >= 4 is 11.8 Å². The molecule has 0 radical (unpaired) electrons. The van der Waals surface area contributed by atoms with Gasteiger partial charge in [-0.2, -0.15) is 16.7 Å². The molecule has 0 fully saturated rings. The number of rotatable bonds is 2. The number of pyridine rings is 1. The Kier molecular flexibility index (Phi) is 3.38. The smallest absolute Gasteiger partial charge is 0.276 e. The third-order valence-electron chi connectivity index (χ3n) is 3.87. The predicted molar refractivity (Wildman–Crippen MR) is 91.2 cm³/mol. The molecule has 4 rings (SSSR count). The van der Waals surface area contributed by atoms with Crippen molar-refractivity contribution in [3.05, 3.63) is 45.8 Å². The van der Waals surface area contributed by atoms with Crippen molar-refractivity contribution in [1.82, 2.24) is 24.9 Å². The minimum Gasteiger partial charge on any atom is -0.338 e. The summed E-state index contributed by atoms with van der Waals surface area (Å²) in [6.07, 6.45) is 1.65. The fourth-order valence-electron chi connectivity index (χ4n) is 2.50. The van der Waals surface area contributed by atoms with Crippen LogP contribution in [0.15, 0.2) is 27.6 Å². The van der Waals surface area contributed by atoms with Gasteiger partial charge in [-0.1, -0.05) is 25.9 Å². The van der Waals surface area contributed by atoms with Crippen LogP contribution < -0.4 is 5.56 Å². The first-order valence-electron chi connectivity index (χ1n) is 7.65. The van der Waals surface area contributed by atoms with Gasteiger partial charge >= 0.3 is 0 Å². The zero-order valence-electron chi connectivity index (χ0n) is 13.7. The van der Waals surface area contributed by atoms with E-state index in [1.165, 1.54) is 4.68 Å². The van der Waals surface area contributed by atoms with Gasteiger partial charge in [-0.3, -0.25) is 9.89 Å². The van der Waals surface area contributed by atoms with E-state index in [9.17, 15) is 4.79 Å². The SMILES string of the molecule is CC(C)(C)c1nc(-c2ccc(-n3[nH]c4c(c3=O)CSC4)nc2)no1. The monoisotopic (exact) mass is 343 g/mol. The lowest BCUT2D eigenvalue weighted by molar-refractivity contribution is 0.321. The summed E-state index contributed by atoms with van der Waals surface area (Å²) in [4.78, 5) is 21.2. The first kappa shape index (κ1) is 15.2. The van der Waals surface area contributed by atoms with Crippen molar-refractivity contribution in [1.29, 1.82) is 0 Å². The van der Waals surface area contributed by atoms with Gasteiger partial charge in [0.2, 0.25) is 11.7 Å². The molecule has 1 aliphatic rings. The van der Waals surface area contributed by atoms with Crippen molar-refractivity contribution in [3.8, 4) is 17.2 Å². The predicted octanol–water partition coefficient (Wildman–Crippen LogP) is 2.65. The van der Waals surface area contributed by atoms with Crippen molar-refractivity contribution < 1.29 is 4.52 Å². The highest BCUT2D eigenvalue weighted by Crippen LogP contribution is 2.26. The van der Waals surface area contributed by atoms with Crippen LogP contribution in [0.2, 0.25) is 0 Å². The minimum atomic E-state index is -0.200. The topological polar surface area (TPSA) is 89.6 Å². The highest BCUT2D eigenvalue weighted by molar-refractivity contribution is 7.98. The third-order valence-corrected chi connectivity index (χ3v) is 4.85. The summed E-state index contributed by atoms with van der Waals surface area (Å²) in [5.41, 5.74) is 2.36. The molecule has 0 unspecified atom stereocenters. The Morgan fingerprint density at radius 2 is 2.12 bits per heavy atom. The van der Waals surface area contributed by atoms with E-state index in [0.717, 1.165) is 28.3 Å². The largest absolute Gasteiger partial charge is 0.338 e. The fourth-order valence-corrected chi connectivity index (χ4v) is 3.54. The van der Waals surface area contributed by atoms with Gasteiger partial charge < -0.3 is 4.52 Å². The Bertz CT molecular complexity index is 946. The lowest BCUT2D eigenvalue weighted by atomic mass is 9.97. The van der Waals surface area contributed by atoms with Crippen LogP contribution in [0.1, 0.15) is 37.9 Å². The Morgan fingerprint density at radius 3 is 2.75 bits per heavy atom. The molecule has 0 spiro atoms. The van der Waals surface area contributed by atoms with E-state index >= 15 is 0 Å². The Labute approximate surface area is 142 Å². The molecule has 0 saturated heterocycles. The molecule has 124 valence electrons. The number of fused-ring (bicyclic) bond motifs is 1. The summed E-state index contributed by atoms with van der Waals surface area (Å²) >= 11 is 1.74. The van der Waals surface area contributed by atoms with Crippen LogP contribution in [0, 0.1) is 0 Å². The molecular weight excluding hydrogens is 326 g/mol. The van der Waals surface area contributed by atoms with Gasteiger partial charge in [0.15, 0.2) is 5.82 Å². The van der Waals surface area contributed by atoms with Crippen LogP contribution in [-0.4, -0.2) is 24.9 Å². The van der Waals surface area contributed by atoms with E-state index in [4.69, 9.17) is 4.52 Å². The van der Waals surface area contributed by atoms with Crippen molar-refractivity contribution in [2.45, 2.75) is 37.7 Å². The second kappa shape index (κ2) is 5.34. The summed E-state index contributed by atoms with van der Waals surface area (Å²) in [5.74, 6) is 3.23. The molecule has 0 amide bonds. The molecule has 0 aromatic carbocycles. The van der Waals surface area contributed by atoms with Gasteiger partial charge in [-0.05, 0) is 12.1 Å². The van der Waals surface area contributed by atoms with Gasteiger partial charge in [0.05, 0.1) is 11.3 Å². The molecule has 0 bridgehead atoms. The molecule has 3 aromatic heterocycles. The van der Waals surface area contributed by atoms with E-state index in [1.807, 2.05) is 26.8 Å². The summed E-state index contributed by atoms with van der Waals surface area (Å²) in [5, 5.41) is 7.14. The van der Waals surface area contributed by atoms with Crippen molar-refractivity contribution in [2.75, 3.05) is 0 Å². The summed E-state index contributed by atoms with van der Waals surface area (Å²) in [6.45, 7) is 6.04. The van der Waals surface area contributed by atoms with Gasteiger partial charge in [-0.15, -0.1) is 0 Å². The van der Waals surface area contributed by atoms with Gasteiger partial charge in [0.25, 0.3) is 5.56 Å². The Balaban J connectivity index is 1.66. The standard InChI is InChI=1S/C16H17N5O2S/c1-16(2,3)15-18-13(20-23-15)9-4-5-12(17-6-9)21-14(22)10-7-24-8-11(10)19-21/h4-6,19H,7-8H2,1-3H3. The molecule has 4 heterocycles. The van der Waals surface area contributed by atoms with Crippen molar-refractivity contribution in [3.63, 3.8) is 0 Å². The zero-order chi connectivity index (χ0) is 16.9. The molecule has 8 heteroatoms. The van der Waals surface area contributed by atoms with E-state index < -0.39 is 0 Å². The van der Waals surface area contributed by atoms with Crippen LogP contribution in [0.5, 0.6) is 0 Å². The molecule has 1 aliphatic heterocycles. The first-order valence-corrected chi connectivity index (χ1v) is 8.80. The highest BCUT2D eigenvalue weighted by atomic mass is 32.2. The van der Waals surface area contributed by atoms with E-state index in [-0.39, 0.29) is 11.0 Å². The Morgan fingerprint density at radius 1 is 1.29 bits per heavy atom. The maximum atomic E-state index is 12.4. The van der Waals surface area contributed by atoms with Crippen molar-refractivity contribution in [2.24, 2.45) is 0 Å². The molecule has 0 aliphatic carbocycles. The number of hydrogen-bond acceptors (Lipinski definition) is 6. The average molecular weight is 343 g/mol. The van der Waals surface area contributed by atoms with Gasteiger partial charge in [-0.25, -0.2) is 9.67 Å². The number of hydrogen-bond donors (Lipinski definition) is 1. The second-order valence-corrected chi connectivity index (χ2v) is 7.77. The van der Waals surface area contributed by atoms with E-state index in [1.54, 1.807) is 24.0 Å². The molecule has 3 aromatic rings. The second-order valence-electron chi connectivity index (χ2n) is 6.78. The van der Waals surface area contributed by atoms with Crippen LogP contribution in [-0.2, 0) is 16.9 Å². The van der Waals surface area contributed by atoms with Crippen LogP contribution in [0.25, 0.3) is 17.2 Å². The third kappa shape index (κ3) is 2.47. The number of nitrogens with zero attached hydrogens (tertiary/aromatic N) is 4. The minimum absolute atomic E-state index is 0.0233. The van der Waals surface area contributed by atoms with Crippen LogP contribution >= 0.6 is 11.8 Å². The van der Waals surface area contributed by atoms with Crippen LogP contribution in [0.3, 0.4) is 0 Å². The maximum absolute atomic E-state index is 12.4. The first-order chi connectivity index (χ1) is 11.4. The van der Waals surface area contributed by atoms with Crippen LogP contribution in [0.4, 0.5) is 0 Å². The zero-order valence-corrected chi connectivity index (χ0v) is 14.5.